The van der Waals surface area contributed by atoms with Crippen LogP contribution in [-0.2, 0) is 0 Å². The standard InChI is InChI=1S/C16H33N3/c1-13-7-8-16(12-17,10-14(13)2)19-9-5-6-15(19)11-18(3)4/h13-15H,5-12,17H2,1-4H3. The van der Waals surface area contributed by atoms with E-state index in [1.165, 1.54) is 45.2 Å². The number of rotatable bonds is 4. The van der Waals surface area contributed by atoms with Crippen molar-refractivity contribution in [3.05, 3.63) is 0 Å². The van der Waals surface area contributed by atoms with Gasteiger partial charge in [-0.25, -0.2) is 0 Å². The first-order valence-electron chi connectivity index (χ1n) is 8.10. The third-order valence-corrected chi connectivity index (χ3v) is 5.68. The molecule has 1 saturated carbocycles. The molecule has 2 aliphatic rings. The number of hydrogen-bond acceptors (Lipinski definition) is 3. The lowest BCUT2D eigenvalue weighted by Crippen LogP contribution is -2.59. The minimum absolute atomic E-state index is 0.295. The smallest absolute Gasteiger partial charge is 0.0337 e. The van der Waals surface area contributed by atoms with Crippen LogP contribution in [0.2, 0.25) is 0 Å². The van der Waals surface area contributed by atoms with Gasteiger partial charge in [0.15, 0.2) is 0 Å². The summed E-state index contributed by atoms with van der Waals surface area (Å²) in [5.74, 6) is 1.69. The molecule has 2 rings (SSSR count). The maximum atomic E-state index is 6.26. The Hall–Kier alpha value is -0.120. The molecule has 0 radical (unpaired) electrons. The molecule has 0 amide bonds. The van der Waals surface area contributed by atoms with Crippen LogP contribution >= 0.6 is 0 Å². The second-order valence-corrected chi connectivity index (χ2v) is 7.38. The minimum atomic E-state index is 0.295. The molecule has 4 atom stereocenters. The zero-order valence-corrected chi connectivity index (χ0v) is 13.4. The van der Waals surface area contributed by atoms with E-state index in [0.29, 0.717) is 5.54 Å². The van der Waals surface area contributed by atoms with Crippen LogP contribution in [0, 0.1) is 11.8 Å². The van der Waals surface area contributed by atoms with Crippen LogP contribution in [0.1, 0.15) is 46.0 Å². The molecule has 1 aliphatic heterocycles. The number of nitrogens with zero attached hydrogens (tertiary/aromatic N) is 2. The third kappa shape index (κ3) is 3.14. The van der Waals surface area contributed by atoms with Crippen LogP contribution < -0.4 is 5.73 Å². The fourth-order valence-corrected chi connectivity index (χ4v) is 4.32. The van der Waals surface area contributed by atoms with Gasteiger partial charge >= 0.3 is 0 Å². The highest BCUT2D eigenvalue weighted by atomic mass is 15.3. The highest BCUT2D eigenvalue weighted by Crippen LogP contribution is 2.42. The molecular formula is C16H33N3. The van der Waals surface area contributed by atoms with E-state index in [4.69, 9.17) is 5.73 Å². The molecule has 0 spiro atoms. The van der Waals surface area contributed by atoms with E-state index in [0.717, 1.165) is 24.4 Å². The summed E-state index contributed by atoms with van der Waals surface area (Å²) in [4.78, 5) is 5.12. The van der Waals surface area contributed by atoms with Gasteiger partial charge in [-0.3, -0.25) is 4.90 Å². The van der Waals surface area contributed by atoms with Gasteiger partial charge in [0.25, 0.3) is 0 Å². The zero-order valence-electron chi connectivity index (χ0n) is 13.4. The lowest BCUT2D eigenvalue weighted by atomic mass is 9.70. The summed E-state index contributed by atoms with van der Waals surface area (Å²) in [6.07, 6.45) is 6.66. The Morgan fingerprint density at radius 2 is 1.95 bits per heavy atom. The summed E-state index contributed by atoms with van der Waals surface area (Å²) in [7, 11) is 4.38. The Morgan fingerprint density at radius 1 is 1.21 bits per heavy atom. The molecule has 2 fully saturated rings. The molecule has 4 unspecified atom stereocenters. The van der Waals surface area contributed by atoms with Crippen molar-refractivity contribution in [1.82, 2.24) is 9.80 Å². The van der Waals surface area contributed by atoms with Gasteiger partial charge in [-0.2, -0.15) is 0 Å². The van der Waals surface area contributed by atoms with Crippen LogP contribution in [0.4, 0.5) is 0 Å². The number of nitrogens with two attached hydrogens (primary N) is 1. The molecule has 112 valence electrons. The van der Waals surface area contributed by atoms with Gasteiger partial charge in [-0.05, 0) is 64.6 Å². The van der Waals surface area contributed by atoms with Gasteiger partial charge < -0.3 is 10.6 Å². The molecule has 3 heteroatoms. The third-order valence-electron chi connectivity index (χ3n) is 5.68. The van der Waals surface area contributed by atoms with Gasteiger partial charge in [-0.1, -0.05) is 13.8 Å². The first-order chi connectivity index (χ1) is 8.98. The number of likely N-dealkylation sites (tertiary alicyclic amines) is 1. The molecule has 0 bridgehead atoms. The molecule has 1 heterocycles. The average molecular weight is 267 g/mol. The van der Waals surface area contributed by atoms with Crippen LogP contribution in [0.15, 0.2) is 0 Å². The fourth-order valence-electron chi connectivity index (χ4n) is 4.32. The molecule has 0 aromatic carbocycles. The first-order valence-corrected chi connectivity index (χ1v) is 8.10. The highest BCUT2D eigenvalue weighted by molar-refractivity contribution is 5.01. The molecule has 3 nitrogen and oxygen atoms in total. The average Bonchev–Trinajstić information content (AvgIpc) is 2.81. The van der Waals surface area contributed by atoms with Crippen molar-refractivity contribution in [2.45, 2.75) is 57.5 Å². The Labute approximate surface area is 119 Å². The fraction of sp³-hybridized carbons (Fsp3) is 1.00. The Morgan fingerprint density at radius 3 is 2.53 bits per heavy atom. The van der Waals surface area contributed by atoms with Gasteiger partial charge in [0.1, 0.15) is 0 Å². The molecule has 19 heavy (non-hydrogen) atoms. The van der Waals surface area contributed by atoms with Gasteiger partial charge in [0.05, 0.1) is 0 Å². The summed E-state index contributed by atoms with van der Waals surface area (Å²) in [5.41, 5.74) is 6.56. The Kier molecular flexibility index (Phi) is 4.91. The molecular weight excluding hydrogens is 234 g/mol. The lowest BCUT2D eigenvalue weighted by Gasteiger charge is -2.50. The van der Waals surface area contributed by atoms with E-state index in [1.54, 1.807) is 0 Å². The molecule has 2 N–H and O–H groups in total. The SMILES string of the molecule is CC1CCC(CN)(N2CCCC2CN(C)C)CC1C. The monoisotopic (exact) mass is 267 g/mol. The Balaban J connectivity index is 2.11. The van der Waals surface area contributed by atoms with Crippen LogP contribution in [-0.4, -0.2) is 55.1 Å². The van der Waals surface area contributed by atoms with Gasteiger partial charge in [0.2, 0.25) is 0 Å². The van der Waals surface area contributed by atoms with Crippen LogP contribution in [0.25, 0.3) is 0 Å². The first kappa shape index (κ1) is 15.3. The van der Waals surface area contributed by atoms with Gasteiger partial charge in [0, 0.05) is 24.7 Å². The largest absolute Gasteiger partial charge is 0.329 e. The number of likely N-dealkylation sites (N-methyl/N-ethyl adjacent to an activating group) is 1. The summed E-state index contributed by atoms with van der Waals surface area (Å²) >= 11 is 0. The summed E-state index contributed by atoms with van der Waals surface area (Å²) in [6, 6.07) is 0.721. The second-order valence-electron chi connectivity index (χ2n) is 7.38. The van der Waals surface area contributed by atoms with Crippen LogP contribution in [0.3, 0.4) is 0 Å². The zero-order chi connectivity index (χ0) is 14.0. The normalized spacial score (nSPS) is 41.1. The lowest BCUT2D eigenvalue weighted by molar-refractivity contribution is 0.00619. The second kappa shape index (κ2) is 6.11. The minimum Gasteiger partial charge on any atom is -0.329 e. The maximum Gasteiger partial charge on any atom is 0.0337 e. The van der Waals surface area contributed by atoms with Gasteiger partial charge in [-0.15, -0.1) is 0 Å². The van der Waals surface area contributed by atoms with E-state index in [-0.39, 0.29) is 0 Å². The van der Waals surface area contributed by atoms with Crippen LogP contribution in [0.5, 0.6) is 0 Å². The predicted octanol–water partition coefficient (Wildman–Crippen LogP) is 2.17. The number of hydrogen-bond donors (Lipinski definition) is 1. The van der Waals surface area contributed by atoms with Crippen molar-refractivity contribution in [3.8, 4) is 0 Å². The van der Waals surface area contributed by atoms with E-state index < -0.39 is 0 Å². The van der Waals surface area contributed by atoms with Crippen molar-refractivity contribution in [2.24, 2.45) is 17.6 Å². The van der Waals surface area contributed by atoms with Crippen molar-refractivity contribution < 1.29 is 0 Å². The van der Waals surface area contributed by atoms with E-state index >= 15 is 0 Å². The molecule has 1 aliphatic carbocycles. The van der Waals surface area contributed by atoms with Crippen molar-refractivity contribution in [3.63, 3.8) is 0 Å². The van der Waals surface area contributed by atoms with E-state index in [9.17, 15) is 0 Å². The van der Waals surface area contributed by atoms with Crippen molar-refractivity contribution in [2.75, 3.05) is 33.7 Å². The Bertz CT molecular complexity index is 292. The molecule has 0 aromatic rings. The van der Waals surface area contributed by atoms with E-state index in [1.807, 2.05) is 0 Å². The summed E-state index contributed by atoms with van der Waals surface area (Å²) in [6.45, 7) is 8.12. The maximum absolute atomic E-state index is 6.26. The molecule has 1 saturated heterocycles. The summed E-state index contributed by atoms with van der Waals surface area (Å²) < 4.78 is 0. The van der Waals surface area contributed by atoms with E-state index in [2.05, 4.69) is 37.7 Å². The van der Waals surface area contributed by atoms with Crippen molar-refractivity contribution >= 4 is 0 Å². The molecule has 0 aromatic heterocycles. The predicted molar refractivity (Wildman–Crippen MR) is 82.2 cm³/mol. The van der Waals surface area contributed by atoms with Crippen molar-refractivity contribution in [1.29, 1.82) is 0 Å². The summed E-state index contributed by atoms with van der Waals surface area (Å²) in [5, 5.41) is 0. The topological polar surface area (TPSA) is 32.5 Å². The highest BCUT2D eigenvalue weighted by Gasteiger charge is 2.45. The quantitative estimate of drug-likeness (QED) is 0.847.